The molecule has 4 saturated heterocycles. The molecule has 4 aliphatic rings. The molecule has 0 radical (unpaired) electrons. The predicted octanol–water partition coefficient (Wildman–Crippen LogP) is 13.0. The molecular weight excluding hydrogens is 1630 g/mol. The summed E-state index contributed by atoms with van der Waals surface area (Å²) in [5.74, 6) is -6.17. The lowest BCUT2D eigenvalue weighted by Gasteiger charge is -2.49. The van der Waals surface area contributed by atoms with Crippen molar-refractivity contribution < 1.29 is 124 Å². The minimum atomic E-state index is -1.88. The van der Waals surface area contributed by atoms with Crippen molar-refractivity contribution in [2.45, 2.75) is 149 Å². The van der Waals surface area contributed by atoms with Gasteiger partial charge in [0.1, 0.15) is 61.0 Å². The molecule has 10 aromatic rings. The summed E-state index contributed by atoms with van der Waals surface area (Å²) >= 11 is 0. The van der Waals surface area contributed by atoms with Gasteiger partial charge in [0.25, 0.3) is 0 Å². The van der Waals surface area contributed by atoms with E-state index in [1.165, 1.54) is 87.0 Å². The summed E-state index contributed by atoms with van der Waals surface area (Å²) in [6.07, 6.45) is -30.3. The number of aliphatic hydroxyl groups is 2. The van der Waals surface area contributed by atoms with Crippen molar-refractivity contribution in [3.63, 3.8) is 0 Å². The van der Waals surface area contributed by atoms with E-state index in [-0.39, 0.29) is 71.3 Å². The fourth-order valence-corrected chi connectivity index (χ4v) is 17.1. The second-order valence-corrected chi connectivity index (χ2v) is 31.8. The quantitative estimate of drug-likeness (QED) is 0.0158. The Morgan fingerprint density at radius 1 is 0.250 bits per heavy atom. The SMILES string of the molecule is CO[C@@H]1O[C@H](CO)[C@@H](O[C@@H]2O[C@H](CSSC[C@H]3O[C@@H](O[C@H]4[C@H](OCc5ccccc5)[C@@H](OCc5ccccc5)[C@H](OC)O[C@@H]4CO)[C@H](OC(=O)c4ccccc4)[C@@H](OC(=O)c4ccccc4)[C@@H]3OC(=O)c3ccccc3)[C@@H](OC(=O)c3ccccc3)[C@H](OC(=O)c3ccccc3)[C@H]2OC(=O)c2ccccc2)[C@H](OCc2ccccc2)[C@H]1OCc1ccccc1. The summed E-state index contributed by atoms with van der Waals surface area (Å²) in [5.41, 5.74) is 3.35. The molecule has 0 aromatic heterocycles. The standard InChI is InChI=1S/C96H94O26S2/c1-105-93-83(109-57-63-37-17-5-18-38-63)79(107-55-61-33-13-3-14-34-61)75(71(53-97)111-93)121-95-85(119-91(103)69-49-29-11-30-50-69)81(117-89(101)67-45-25-9-26-46-67)77(115-87(99)65-41-21-7-22-42-65)73(113-95)59-123-124-60-74-78(116-88(100)66-43-23-8-24-44-66)82(118-90(102)68-47-27-10-28-48-68)86(120-92(104)70-51-31-12-32-52-70)96(114-74)122-76-72(54-98)112-94(106-2)84(110-58-64-39-19-6-20-40-64)80(76)108-56-62-35-15-4-16-36-62/h3-52,71-86,93-98H,53-60H2,1-2H3/t71-,72-,73-,74-,75-,76-,77-,78-,79+,80+,81+,82+,83-,84-,85-,86-,93-,94-,95+,96+/m1/s1. The van der Waals surface area contributed by atoms with Crippen LogP contribution < -0.4 is 0 Å². The van der Waals surface area contributed by atoms with Crippen LogP contribution in [0, 0.1) is 0 Å². The van der Waals surface area contributed by atoms with Crippen molar-refractivity contribution in [1.82, 2.24) is 0 Å². The molecule has 0 bridgehead atoms. The molecule has 14 rings (SSSR count). The van der Waals surface area contributed by atoms with Crippen LogP contribution >= 0.6 is 21.6 Å². The summed E-state index contributed by atoms with van der Waals surface area (Å²) in [7, 11) is 4.99. The lowest BCUT2D eigenvalue weighted by molar-refractivity contribution is -0.361. The van der Waals surface area contributed by atoms with E-state index in [0.717, 1.165) is 43.8 Å². The number of hydrogen-bond acceptors (Lipinski definition) is 28. The van der Waals surface area contributed by atoms with Crippen LogP contribution in [0.2, 0.25) is 0 Å². The normalized spacial score (nSPS) is 26.1. The second kappa shape index (κ2) is 45.2. The van der Waals surface area contributed by atoms with Crippen molar-refractivity contribution in [3.05, 3.63) is 359 Å². The number of rotatable bonds is 37. The van der Waals surface area contributed by atoms with Gasteiger partial charge < -0.3 is 95.5 Å². The third kappa shape index (κ3) is 23.4. The van der Waals surface area contributed by atoms with Gasteiger partial charge in [0.2, 0.25) is 0 Å². The molecule has 4 aliphatic heterocycles. The van der Waals surface area contributed by atoms with Crippen LogP contribution in [0.25, 0.3) is 0 Å². The van der Waals surface area contributed by atoms with Gasteiger partial charge in [-0.3, -0.25) is 0 Å². The van der Waals surface area contributed by atoms with Crippen LogP contribution in [0.3, 0.4) is 0 Å². The summed E-state index contributed by atoms with van der Waals surface area (Å²) in [5, 5.41) is 23.2. The smallest absolute Gasteiger partial charge is 0.338 e. The highest BCUT2D eigenvalue weighted by Gasteiger charge is 2.60. The number of methoxy groups -OCH3 is 2. The van der Waals surface area contributed by atoms with Crippen molar-refractivity contribution in [2.24, 2.45) is 0 Å². The molecule has 10 aromatic carbocycles. The Morgan fingerprint density at radius 3 is 0.694 bits per heavy atom. The maximum Gasteiger partial charge on any atom is 0.338 e. The van der Waals surface area contributed by atoms with Gasteiger partial charge in [-0.25, -0.2) is 28.8 Å². The Balaban J connectivity index is 0.872. The van der Waals surface area contributed by atoms with E-state index >= 15 is 28.8 Å². The Labute approximate surface area is 724 Å². The van der Waals surface area contributed by atoms with Crippen LogP contribution in [0.5, 0.6) is 0 Å². The van der Waals surface area contributed by atoms with Crippen LogP contribution in [-0.2, 0) is 112 Å². The highest BCUT2D eigenvalue weighted by Crippen LogP contribution is 2.42. The molecule has 124 heavy (non-hydrogen) atoms. The molecule has 646 valence electrons. The van der Waals surface area contributed by atoms with Gasteiger partial charge in [0.05, 0.1) is 73.0 Å². The average Bonchev–Trinajstić information content (AvgIpc) is 0.772. The lowest BCUT2D eigenvalue weighted by Crippen LogP contribution is -2.67. The van der Waals surface area contributed by atoms with E-state index in [2.05, 4.69) is 0 Å². The van der Waals surface area contributed by atoms with Gasteiger partial charge in [-0.15, -0.1) is 0 Å². The number of carbonyl (C=O) groups excluding carboxylic acids is 6. The number of carbonyl (C=O) groups is 6. The Morgan fingerprint density at radius 2 is 0.460 bits per heavy atom. The molecule has 4 heterocycles. The van der Waals surface area contributed by atoms with Crippen molar-refractivity contribution in [2.75, 3.05) is 38.9 Å². The number of esters is 6. The third-order valence-electron chi connectivity index (χ3n) is 21.0. The zero-order chi connectivity index (χ0) is 85.9. The molecule has 0 spiro atoms. The van der Waals surface area contributed by atoms with Crippen LogP contribution in [0.15, 0.2) is 303 Å². The molecule has 0 aliphatic carbocycles. The topological polar surface area (TPSA) is 309 Å². The maximum absolute atomic E-state index is 15.1. The van der Waals surface area contributed by atoms with E-state index < -0.39 is 172 Å². The van der Waals surface area contributed by atoms with Gasteiger partial charge >= 0.3 is 35.8 Å². The van der Waals surface area contributed by atoms with E-state index in [4.69, 9.17) is 85.3 Å². The molecule has 4 fully saturated rings. The van der Waals surface area contributed by atoms with E-state index in [0.29, 0.717) is 0 Å². The van der Waals surface area contributed by atoms with E-state index in [1.54, 1.807) is 109 Å². The molecule has 28 heteroatoms. The molecule has 0 unspecified atom stereocenters. The monoisotopic (exact) mass is 1730 g/mol. The summed E-state index contributed by atoms with van der Waals surface area (Å²) in [4.78, 5) is 90.4. The molecule has 0 saturated carbocycles. The molecular formula is C96H94O26S2. The molecule has 0 amide bonds. The number of benzene rings is 10. The zero-order valence-corrected chi connectivity index (χ0v) is 69.2. The molecule has 20 atom stereocenters. The van der Waals surface area contributed by atoms with Crippen molar-refractivity contribution in [3.8, 4) is 0 Å². The van der Waals surface area contributed by atoms with Gasteiger partial charge in [0, 0.05) is 25.7 Å². The fourth-order valence-electron chi connectivity index (χ4n) is 14.7. The fraction of sp³-hybridized carbons (Fsp3) is 0.312. The largest absolute Gasteiger partial charge is 0.452 e. The Kier molecular flexibility index (Phi) is 32.6. The first-order valence-electron chi connectivity index (χ1n) is 40.4. The average molecular weight is 1730 g/mol. The highest BCUT2D eigenvalue weighted by molar-refractivity contribution is 8.76. The van der Waals surface area contributed by atoms with Crippen LogP contribution in [0.1, 0.15) is 84.4 Å². The first-order chi connectivity index (χ1) is 60.8. The Bertz CT molecular complexity index is 4640. The first-order valence-corrected chi connectivity index (χ1v) is 42.9. The summed E-state index contributed by atoms with van der Waals surface area (Å²) in [6.45, 7) is -1.51. The molecule has 26 nitrogen and oxygen atoms in total. The maximum atomic E-state index is 15.1. The minimum Gasteiger partial charge on any atom is -0.452 e. The van der Waals surface area contributed by atoms with Gasteiger partial charge in [0.15, 0.2) is 61.8 Å². The zero-order valence-electron chi connectivity index (χ0n) is 67.6. The van der Waals surface area contributed by atoms with Crippen molar-refractivity contribution >= 4 is 57.4 Å². The van der Waals surface area contributed by atoms with Crippen molar-refractivity contribution in [1.29, 1.82) is 0 Å². The number of hydrogen-bond donors (Lipinski definition) is 2. The number of ether oxygens (including phenoxy) is 18. The van der Waals surface area contributed by atoms with Gasteiger partial charge in [-0.2, -0.15) is 0 Å². The molecule has 2 N–H and O–H groups in total. The van der Waals surface area contributed by atoms with Crippen LogP contribution in [-0.4, -0.2) is 208 Å². The van der Waals surface area contributed by atoms with E-state index in [1.807, 2.05) is 121 Å². The van der Waals surface area contributed by atoms with Gasteiger partial charge in [-0.05, 0) is 95.1 Å². The Hall–Kier alpha value is -10.8. The summed E-state index contributed by atoms with van der Waals surface area (Å²) in [6, 6.07) is 85.0. The van der Waals surface area contributed by atoms with Gasteiger partial charge in [-0.1, -0.05) is 252 Å². The van der Waals surface area contributed by atoms with E-state index in [9.17, 15) is 10.2 Å². The summed E-state index contributed by atoms with van der Waals surface area (Å²) < 4.78 is 121. The highest BCUT2D eigenvalue weighted by atomic mass is 33.1. The minimum absolute atomic E-state index is 0.0130. The third-order valence-corrected chi connectivity index (χ3v) is 23.4. The second-order valence-electron chi connectivity index (χ2n) is 29.2. The number of aliphatic hydroxyl groups excluding tert-OH is 2. The first kappa shape index (κ1) is 89.4. The van der Waals surface area contributed by atoms with Crippen LogP contribution in [0.4, 0.5) is 0 Å². The lowest BCUT2D eigenvalue weighted by atomic mass is 9.96. The predicted molar refractivity (Wildman–Crippen MR) is 451 cm³/mol.